The van der Waals surface area contributed by atoms with Crippen LogP contribution < -0.4 is 0 Å². The Bertz CT molecular complexity index is 2240. The molecule has 0 aliphatic rings. The third-order valence-corrected chi connectivity index (χ3v) is 7.94. The van der Waals surface area contributed by atoms with Crippen molar-refractivity contribution in [2.75, 3.05) is 0 Å². The lowest BCUT2D eigenvalue weighted by atomic mass is 10.0. The fraction of sp³-hybridized carbons (Fsp3) is 0. The molecule has 2 heterocycles. The topological polar surface area (TPSA) is 33.6 Å². The monoisotopic (exact) mass is 509 g/mol. The minimum absolute atomic E-state index is 0.658. The van der Waals surface area contributed by atoms with Crippen molar-refractivity contribution < 1.29 is 0 Å². The molecule has 0 radical (unpaired) electrons. The summed E-state index contributed by atoms with van der Waals surface area (Å²) in [7, 11) is 0. The fourth-order valence-electron chi connectivity index (χ4n) is 6.23. The number of hydrogen-bond acceptors (Lipinski definition) is 1. The van der Waals surface area contributed by atoms with Crippen molar-refractivity contribution in [2.24, 2.45) is 0 Å². The molecule has 2 aromatic heterocycles. The Morgan fingerprint density at radius 2 is 1.02 bits per heavy atom. The van der Waals surface area contributed by atoms with Crippen molar-refractivity contribution in [3.8, 4) is 28.6 Å². The number of rotatable bonds is 3. The smallest absolute Gasteiger partial charge is 0.0991 e. The molecule has 0 fully saturated rings. The van der Waals surface area contributed by atoms with E-state index < -0.39 is 0 Å². The molecule has 0 unspecified atom stereocenters. The van der Waals surface area contributed by atoms with E-state index in [0.29, 0.717) is 5.56 Å². The summed E-state index contributed by atoms with van der Waals surface area (Å²) in [6.45, 7) is 0. The van der Waals surface area contributed by atoms with Crippen molar-refractivity contribution in [3.05, 3.63) is 145 Å². The van der Waals surface area contributed by atoms with Gasteiger partial charge in [-0.25, -0.2) is 0 Å². The molecule has 0 amide bonds. The molecule has 0 saturated carbocycles. The Balaban J connectivity index is 1.42. The summed E-state index contributed by atoms with van der Waals surface area (Å²) in [5.74, 6) is 0. The van der Waals surface area contributed by atoms with Crippen molar-refractivity contribution >= 4 is 43.6 Å². The highest BCUT2D eigenvalue weighted by molar-refractivity contribution is 6.12. The van der Waals surface area contributed by atoms with E-state index in [-0.39, 0.29) is 0 Å². The van der Waals surface area contributed by atoms with Crippen LogP contribution in [0, 0.1) is 11.3 Å². The summed E-state index contributed by atoms with van der Waals surface area (Å²) in [6.07, 6.45) is 0. The summed E-state index contributed by atoms with van der Waals surface area (Å²) >= 11 is 0. The standard InChI is InChI=1S/C37H23N3/c38-24-25-10-9-11-26(22-25)28-12-1-5-16-33(28)40-36-19-8-4-15-31(36)32-23-27(20-21-37(32)40)39-34-17-6-2-13-29(34)30-14-3-7-18-35(30)39/h1-23H. The molecule has 0 bridgehead atoms. The van der Waals surface area contributed by atoms with Crippen LogP contribution >= 0.6 is 0 Å². The Hall–Kier alpha value is -5.59. The van der Waals surface area contributed by atoms with E-state index in [1.54, 1.807) is 0 Å². The number of fused-ring (bicyclic) bond motifs is 6. The summed E-state index contributed by atoms with van der Waals surface area (Å²) < 4.78 is 4.73. The van der Waals surface area contributed by atoms with E-state index in [9.17, 15) is 5.26 Å². The molecule has 8 aromatic rings. The van der Waals surface area contributed by atoms with Crippen LogP contribution in [0.1, 0.15) is 5.56 Å². The number of aromatic nitrogens is 2. The first-order valence-corrected chi connectivity index (χ1v) is 13.4. The van der Waals surface area contributed by atoms with Crippen LogP contribution in [0.25, 0.3) is 66.1 Å². The highest BCUT2D eigenvalue weighted by Crippen LogP contribution is 2.38. The first-order valence-electron chi connectivity index (χ1n) is 13.4. The average Bonchev–Trinajstić information content (AvgIpc) is 3.54. The van der Waals surface area contributed by atoms with Gasteiger partial charge in [-0.15, -0.1) is 0 Å². The molecule has 0 aliphatic carbocycles. The quantitative estimate of drug-likeness (QED) is 0.233. The molecule has 0 aliphatic heterocycles. The third kappa shape index (κ3) is 3.24. The average molecular weight is 510 g/mol. The fourth-order valence-corrected chi connectivity index (χ4v) is 6.23. The Labute approximate surface area is 231 Å². The molecule has 8 rings (SSSR count). The van der Waals surface area contributed by atoms with E-state index >= 15 is 0 Å². The van der Waals surface area contributed by atoms with Gasteiger partial charge in [-0.3, -0.25) is 0 Å². The second-order valence-electron chi connectivity index (χ2n) is 10.1. The maximum absolute atomic E-state index is 9.52. The van der Waals surface area contributed by atoms with Gasteiger partial charge in [-0.2, -0.15) is 5.26 Å². The minimum atomic E-state index is 0.658. The molecular formula is C37H23N3. The van der Waals surface area contributed by atoms with Gasteiger partial charge in [0.15, 0.2) is 0 Å². The van der Waals surface area contributed by atoms with Crippen LogP contribution in [0.5, 0.6) is 0 Å². The van der Waals surface area contributed by atoms with E-state index in [2.05, 4.69) is 137 Å². The lowest BCUT2D eigenvalue weighted by Crippen LogP contribution is -1.98. The number of benzene rings is 6. The minimum Gasteiger partial charge on any atom is -0.309 e. The molecular weight excluding hydrogens is 486 g/mol. The third-order valence-electron chi connectivity index (χ3n) is 7.94. The van der Waals surface area contributed by atoms with E-state index in [1.165, 1.54) is 32.6 Å². The predicted octanol–water partition coefficient (Wildman–Crippen LogP) is 9.42. The first kappa shape index (κ1) is 22.4. The SMILES string of the molecule is N#Cc1cccc(-c2ccccc2-n2c3ccccc3c3cc(-n4c5ccccc5c5ccccc54)ccc32)c1. The van der Waals surface area contributed by atoms with Crippen molar-refractivity contribution in [2.45, 2.75) is 0 Å². The summed E-state index contributed by atoms with van der Waals surface area (Å²) in [4.78, 5) is 0. The highest BCUT2D eigenvalue weighted by Gasteiger charge is 2.18. The van der Waals surface area contributed by atoms with Gasteiger partial charge in [0.25, 0.3) is 0 Å². The molecule has 40 heavy (non-hydrogen) atoms. The molecule has 3 heteroatoms. The van der Waals surface area contributed by atoms with E-state index in [0.717, 1.165) is 33.5 Å². The van der Waals surface area contributed by atoms with Crippen molar-refractivity contribution in [1.82, 2.24) is 9.13 Å². The van der Waals surface area contributed by atoms with Gasteiger partial charge in [0, 0.05) is 32.8 Å². The van der Waals surface area contributed by atoms with Crippen LogP contribution in [0.15, 0.2) is 140 Å². The van der Waals surface area contributed by atoms with E-state index in [1.807, 2.05) is 18.2 Å². The summed E-state index contributed by atoms with van der Waals surface area (Å²) in [5.41, 5.74) is 9.72. The Morgan fingerprint density at radius 1 is 0.450 bits per heavy atom. The normalized spacial score (nSPS) is 11.5. The zero-order valence-electron chi connectivity index (χ0n) is 21.6. The molecule has 0 atom stereocenters. The zero-order valence-corrected chi connectivity index (χ0v) is 21.6. The van der Waals surface area contributed by atoms with Crippen LogP contribution in [0.3, 0.4) is 0 Å². The first-order chi connectivity index (χ1) is 19.8. The van der Waals surface area contributed by atoms with E-state index in [4.69, 9.17) is 0 Å². The van der Waals surface area contributed by atoms with Crippen LogP contribution in [0.4, 0.5) is 0 Å². The lowest BCUT2D eigenvalue weighted by molar-refractivity contribution is 1.17. The predicted molar refractivity (Wildman–Crippen MR) is 165 cm³/mol. The maximum atomic E-state index is 9.52. The molecule has 0 N–H and O–H groups in total. The second-order valence-corrected chi connectivity index (χ2v) is 10.1. The lowest BCUT2D eigenvalue weighted by Gasteiger charge is -2.14. The summed E-state index contributed by atoms with van der Waals surface area (Å²) in [6, 6.07) is 51.3. The molecule has 186 valence electrons. The largest absolute Gasteiger partial charge is 0.309 e. The molecule has 0 saturated heterocycles. The van der Waals surface area contributed by atoms with Gasteiger partial charge >= 0.3 is 0 Å². The van der Waals surface area contributed by atoms with Gasteiger partial charge in [0.1, 0.15) is 0 Å². The summed E-state index contributed by atoms with van der Waals surface area (Å²) in [5, 5.41) is 14.5. The van der Waals surface area contributed by atoms with Crippen LogP contribution in [0.2, 0.25) is 0 Å². The molecule has 0 spiro atoms. The number of nitriles is 1. The number of nitrogens with zero attached hydrogens (tertiary/aromatic N) is 3. The highest BCUT2D eigenvalue weighted by atomic mass is 15.0. The Morgan fingerprint density at radius 3 is 1.73 bits per heavy atom. The van der Waals surface area contributed by atoms with Gasteiger partial charge in [0.2, 0.25) is 0 Å². The second kappa shape index (κ2) is 8.73. The van der Waals surface area contributed by atoms with Crippen LogP contribution in [-0.2, 0) is 0 Å². The van der Waals surface area contributed by atoms with Gasteiger partial charge in [-0.1, -0.05) is 84.9 Å². The van der Waals surface area contributed by atoms with Gasteiger partial charge in [-0.05, 0) is 60.2 Å². The number of hydrogen-bond donors (Lipinski definition) is 0. The van der Waals surface area contributed by atoms with Crippen molar-refractivity contribution in [1.29, 1.82) is 5.26 Å². The number of para-hydroxylation sites is 4. The zero-order chi connectivity index (χ0) is 26.6. The van der Waals surface area contributed by atoms with Crippen molar-refractivity contribution in [3.63, 3.8) is 0 Å². The van der Waals surface area contributed by atoms with Gasteiger partial charge < -0.3 is 9.13 Å². The molecule has 3 nitrogen and oxygen atoms in total. The maximum Gasteiger partial charge on any atom is 0.0991 e. The van der Waals surface area contributed by atoms with Gasteiger partial charge in [0.05, 0.1) is 39.4 Å². The van der Waals surface area contributed by atoms with Crippen LogP contribution in [-0.4, -0.2) is 9.13 Å². The molecule has 6 aromatic carbocycles. The Kier molecular flexibility index (Phi) is 4.89.